The number of hydrogen-bond donors (Lipinski definition) is 2. The standard InChI is InChI=1S/C20H29NO5/c1-14(2)7-12-26-17-5-3-16(4-6-17)19(22)21-13-18(20(23)24)15-8-10-25-11-9-15/h3-6,14-15,18H,7-13H2,1-2H3,(H,21,22)(H,23,24). The molecule has 0 bridgehead atoms. The predicted molar refractivity (Wildman–Crippen MR) is 98.4 cm³/mol. The largest absolute Gasteiger partial charge is 0.494 e. The second kappa shape index (κ2) is 10.2. The summed E-state index contributed by atoms with van der Waals surface area (Å²) in [4.78, 5) is 23.8. The third kappa shape index (κ3) is 6.33. The van der Waals surface area contributed by atoms with Crippen LogP contribution in [0.25, 0.3) is 0 Å². The molecular weight excluding hydrogens is 334 g/mol. The maximum Gasteiger partial charge on any atom is 0.308 e. The summed E-state index contributed by atoms with van der Waals surface area (Å²) in [6.45, 7) is 6.23. The van der Waals surface area contributed by atoms with Crippen molar-refractivity contribution in [3.63, 3.8) is 0 Å². The molecule has 1 saturated heterocycles. The molecule has 6 heteroatoms. The molecule has 0 spiro atoms. The van der Waals surface area contributed by atoms with Crippen molar-refractivity contribution < 1.29 is 24.2 Å². The van der Waals surface area contributed by atoms with Gasteiger partial charge in [0.15, 0.2) is 0 Å². The Bertz CT molecular complexity index is 578. The summed E-state index contributed by atoms with van der Waals surface area (Å²) in [5, 5.41) is 12.2. The van der Waals surface area contributed by atoms with Gasteiger partial charge < -0.3 is 19.9 Å². The molecule has 0 saturated carbocycles. The number of nitrogens with one attached hydrogen (secondary N) is 1. The second-order valence-corrected chi connectivity index (χ2v) is 7.16. The molecule has 1 aromatic carbocycles. The lowest BCUT2D eigenvalue weighted by Crippen LogP contribution is -2.38. The van der Waals surface area contributed by atoms with E-state index in [1.807, 2.05) is 0 Å². The van der Waals surface area contributed by atoms with Gasteiger partial charge in [-0.2, -0.15) is 0 Å². The predicted octanol–water partition coefficient (Wildman–Crippen LogP) is 2.97. The van der Waals surface area contributed by atoms with Crippen LogP contribution >= 0.6 is 0 Å². The van der Waals surface area contributed by atoms with Crippen LogP contribution in [0.2, 0.25) is 0 Å². The van der Waals surface area contributed by atoms with Crippen molar-refractivity contribution in [3.05, 3.63) is 29.8 Å². The fourth-order valence-corrected chi connectivity index (χ4v) is 2.99. The number of carboxylic acids is 1. The molecule has 1 aliphatic rings. The maximum absolute atomic E-state index is 12.3. The first kappa shape index (κ1) is 20.2. The van der Waals surface area contributed by atoms with Crippen LogP contribution in [0.15, 0.2) is 24.3 Å². The summed E-state index contributed by atoms with van der Waals surface area (Å²) in [6.07, 6.45) is 2.41. The molecule has 144 valence electrons. The zero-order valence-corrected chi connectivity index (χ0v) is 15.6. The lowest BCUT2D eigenvalue weighted by Gasteiger charge is -2.27. The Hall–Kier alpha value is -2.08. The van der Waals surface area contributed by atoms with Gasteiger partial charge in [-0.25, -0.2) is 0 Å². The molecule has 1 heterocycles. The van der Waals surface area contributed by atoms with E-state index in [1.54, 1.807) is 24.3 Å². The van der Waals surface area contributed by atoms with E-state index in [-0.39, 0.29) is 18.4 Å². The number of carboxylic acid groups (broad SMARTS) is 1. The van der Waals surface area contributed by atoms with Crippen LogP contribution in [0.5, 0.6) is 5.75 Å². The molecular formula is C20H29NO5. The molecule has 1 aliphatic heterocycles. The van der Waals surface area contributed by atoms with E-state index in [4.69, 9.17) is 9.47 Å². The SMILES string of the molecule is CC(C)CCOc1ccc(C(=O)NCC(C(=O)O)C2CCOCC2)cc1. The lowest BCUT2D eigenvalue weighted by molar-refractivity contribution is -0.144. The highest BCUT2D eigenvalue weighted by molar-refractivity contribution is 5.94. The van der Waals surface area contributed by atoms with Gasteiger partial charge in [-0.3, -0.25) is 9.59 Å². The molecule has 1 atom stereocenters. The Kier molecular flexibility index (Phi) is 7.91. The van der Waals surface area contributed by atoms with Crippen LogP contribution in [-0.4, -0.2) is 43.3 Å². The molecule has 1 aromatic rings. The van der Waals surface area contributed by atoms with Gasteiger partial charge >= 0.3 is 5.97 Å². The zero-order valence-electron chi connectivity index (χ0n) is 15.6. The smallest absolute Gasteiger partial charge is 0.308 e. The van der Waals surface area contributed by atoms with Crippen molar-refractivity contribution in [1.29, 1.82) is 0 Å². The minimum absolute atomic E-state index is 0.0401. The average molecular weight is 363 g/mol. The molecule has 2 rings (SSSR count). The normalized spacial score (nSPS) is 16.3. The number of rotatable bonds is 9. The van der Waals surface area contributed by atoms with Gasteiger partial charge in [0.25, 0.3) is 5.91 Å². The van der Waals surface area contributed by atoms with Crippen molar-refractivity contribution in [1.82, 2.24) is 5.32 Å². The van der Waals surface area contributed by atoms with E-state index in [9.17, 15) is 14.7 Å². The highest BCUT2D eigenvalue weighted by atomic mass is 16.5. The number of ether oxygens (including phenoxy) is 2. The van der Waals surface area contributed by atoms with E-state index in [2.05, 4.69) is 19.2 Å². The molecule has 0 aromatic heterocycles. The fraction of sp³-hybridized carbons (Fsp3) is 0.600. The Morgan fingerprint density at radius 3 is 2.46 bits per heavy atom. The van der Waals surface area contributed by atoms with E-state index >= 15 is 0 Å². The minimum Gasteiger partial charge on any atom is -0.494 e. The lowest BCUT2D eigenvalue weighted by atomic mass is 9.86. The van der Waals surface area contributed by atoms with E-state index in [0.29, 0.717) is 31.3 Å². The van der Waals surface area contributed by atoms with Crippen LogP contribution in [0.4, 0.5) is 0 Å². The summed E-state index contributed by atoms with van der Waals surface area (Å²) in [5.41, 5.74) is 0.498. The molecule has 1 amide bonds. The fourth-order valence-electron chi connectivity index (χ4n) is 2.99. The number of hydrogen-bond acceptors (Lipinski definition) is 4. The minimum atomic E-state index is -0.869. The van der Waals surface area contributed by atoms with E-state index < -0.39 is 11.9 Å². The van der Waals surface area contributed by atoms with Crippen LogP contribution in [0, 0.1) is 17.8 Å². The number of benzene rings is 1. The van der Waals surface area contributed by atoms with Crippen molar-refractivity contribution in [2.75, 3.05) is 26.4 Å². The van der Waals surface area contributed by atoms with Crippen LogP contribution in [0.1, 0.15) is 43.5 Å². The second-order valence-electron chi connectivity index (χ2n) is 7.16. The van der Waals surface area contributed by atoms with Crippen molar-refractivity contribution in [2.45, 2.75) is 33.1 Å². The quantitative estimate of drug-likeness (QED) is 0.705. The van der Waals surface area contributed by atoms with Gasteiger partial charge in [0.1, 0.15) is 5.75 Å². The van der Waals surface area contributed by atoms with Crippen molar-refractivity contribution >= 4 is 11.9 Å². The molecule has 2 N–H and O–H groups in total. The topological polar surface area (TPSA) is 84.9 Å². The summed E-state index contributed by atoms with van der Waals surface area (Å²) >= 11 is 0. The number of carbonyl (C=O) groups is 2. The number of aliphatic carboxylic acids is 1. The Morgan fingerprint density at radius 2 is 1.88 bits per heavy atom. The van der Waals surface area contributed by atoms with Gasteiger partial charge in [0.05, 0.1) is 12.5 Å². The zero-order chi connectivity index (χ0) is 18.9. The van der Waals surface area contributed by atoms with Gasteiger partial charge in [-0.05, 0) is 55.4 Å². The van der Waals surface area contributed by atoms with E-state index in [0.717, 1.165) is 25.0 Å². The number of carbonyl (C=O) groups excluding carboxylic acids is 1. The molecule has 6 nitrogen and oxygen atoms in total. The molecule has 0 aliphatic carbocycles. The van der Waals surface area contributed by atoms with Gasteiger partial charge in [0, 0.05) is 25.3 Å². The molecule has 1 unspecified atom stereocenters. The molecule has 0 radical (unpaired) electrons. The average Bonchev–Trinajstić information content (AvgIpc) is 2.62. The van der Waals surface area contributed by atoms with Crippen LogP contribution < -0.4 is 10.1 Å². The van der Waals surface area contributed by atoms with Gasteiger partial charge in [0.2, 0.25) is 0 Å². The first-order chi connectivity index (χ1) is 12.5. The first-order valence-electron chi connectivity index (χ1n) is 9.29. The Labute approximate surface area is 154 Å². The van der Waals surface area contributed by atoms with Crippen molar-refractivity contribution in [2.24, 2.45) is 17.8 Å². The third-order valence-electron chi connectivity index (χ3n) is 4.72. The monoisotopic (exact) mass is 363 g/mol. The third-order valence-corrected chi connectivity index (χ3v) is 4.72. The molecule has 26 heavy (non-hydrogen) atoms. The van der Waals surface area contributed by atoms with Gasteiger partial charge in [-0.15, -0.1) is 0 Å². The summed E-state index contributed by atoms with van der Waals surface area (Å²) in [7, 11) is 0. The number of amides is 1. The highest BCUT2D eigenvalue weighted by Gasteiger charge is 2.30. The van der Waals surface area contributed by atoms with Gasteiger partial charge in [-0.1, -0.05) is 13.8 Å². The first-order valence-corrected chi connectivity index (χ1v) is 9.29. The highest BCUT2D eigenvalue weighted by Crippen LogP contribution is 2.24. The molecule has 1 fully saturated rings. The van der Waals surface area contributed by atoms with Crippen LogP contribution in [0.3, 0.4) is 0 Å². The maximum atomic E-state index is 12.3. The van der Waals surface area contributed by atoms with E-state index in [1.165, 1.54) is 0 Å². The van der Waals surface area contributed by atoms with Crippen molar-refractivity contribution in [3.8, 4) is 5.75 Å². The summed E-state index contributed by atoms with van der Waals surface area (Å²) in [6, 6.07) is 6.93. The Morgan fingerprint density at radius 1 is 1.23 bits per heavy atom. The van der Waals surface area contributed by atoms with Crippen LogP contribution in [-0.2, 0) is 9.53 Å². The Balaban J connectivity index is 1.84. The summed E-state index contributed by atoms with van der Waals surface area (Å²) < 4.78 is 10.9. The summed E-state index contributed by atoms with van der Waals surface area (Å²) in [5.74, 6) is -0.367.